The molecule has 1 saturated carbocycles. The van der Waals surface area contributed by atoms with Crippen LogP contribution in [0.25, 0.3) is 0 Å². The van der Waals surface area contributed by atoms with Crippen LogP contribution in [0.2, 0.25) is 0 Å². The molecule has 1 aromatic rings. The predicted octanol–water partition coefficient (Wildman–Crippen LogP) is 0.921. The molecule has 2 aliphatic rings. The minimum absolute atomic E-state index is 0.0585. The molecular formula is C14H14N2O4. The van der Waals surface area contributed by atoms with E-state index in [1.165, 1.54) is 17.2 Å². The number of rotatable bonds is 3. The number of carbonyl (C=O) groups is 3. The van der Waals surface area contributed by atoms with Crippen molar-refractivity contribution >= 4 is 17.8 Å². The molecule has 1 aliphatic carbocycles. The Balaban J connectivity index is 1.75. The van der Waals surface area contributed by atoms with Gasteiger partial charge in [-0.15, -0.1) is 0 Å². The minimum atomic E-state index is -1.10. The number of nitrogens with zero attached hydrogens (tertiary/aromatic N) is 2. The van der Waals surface area contributed by atoms with Gasteiger partial charge < -0.3 is 5.11 Å². The maximum Gasteiger partial charge on any atom is 0.354 e. The second-order valence-electron chi connectivity index (χ2n) is 5.90. The SMILES string of the molecule is CC1(C)C2C(=O)N(Cc3ccc(C(=O)O)nc3)C(=O)C21. The summed E-state index contributed by atoms with van der Waals surface area (Å²) in [6.45, 7) is 4.02. The Bertz CT molecular complexity index is 597. The van der Waals surface area contributed by atoms with Gasteiger partial charge in [0.1, 0.15) is 5.69 Å². The van der Waals surface area contributed by atoms with E-state index in [1.807, 2.05) is 13.8 Å². The highest BCUT2D eigenvalue weighted by atomic mass is 16.4. The summed E-state index contributed by atoms with van der Waals surface area (Å²) in [7, 11) is 0. The Hall–Kier alpha value is -2.24. The van der Waals surface area contributed by atoms with Crippen molar-refractivity contribution in [1.82, 2.24) is 9.88 Å². The molecule has 0 bridgehead atoms. The first kappa shape index (κ1) is 12.8. The van der Waals surface area contributed by atoms with E-state index in [0.717, 1.165) is 0 Å². The van der Waals surface area contributed by atoms with Crippen molar-refractivity contribution < 1.29 is 19.5 Å². The molecule has 0 aromatic carbocycles. The van der Waals surface area contributed by atoms with E-state index >= 15 is 0 Å². The largest absolute Gasteiger partial charge is 0.477 e. The Morgan fingerprint density at radius 2 is 1.90 bits per heavy atom. The van der Waals surface area contributed by atoms with Crippen LogP contribution in [-0.4, -0.2) is 32.8 Å². The summed E-state index contributed by atoms with van der Waals surface area (Å²) in [5.74, 6) is -1.75. The summed E-state index contributed by atoms with van der Waals surface area (Å²) in [5, 5.41) is 8.76. The average molecular weight is 274 g/mol. The molecule has 1 aliphatic heterocycles. The van der Waals surface area contributed by atoms with Gasteiger partial charge in [-0.05, 0) is 17.0 Å². The van der Waals surface area contributed by atoms with E-state index in [2.05, 4.69) is 4.98 Å². The van der Waals surface area contributed by atoms with Crippen LogP contribution in [0.5, 0.6) is 0 Å². The molecule has 20 heavy (non-hydrogen) atoms. The maximum atomic E-state index is 12.1. The zero-order valence-corrected chi connectivity index (χ0v) is 11.2. The average Bonchev–Trinajstić information content (AvgIpc) is 2.87. The summed E-state index contributed by atoms with van der Waals surface area (Å²) in [6, 6.07) is 2.94. The molecular weight excluding hydrogens is 260 g/mol. The lowest BCUT2D eigenvalue weighted by molar-refractivity contribution is -0.143. The third-order valence-corrected chi connectivity index (χ3v) is 4.28. The lowest BCUT2D eigenvalue weighted by atomic mass is 10.1. The molecule has 1 aromatic heterocycles. The number of imide groups is 1. The lowest BCUT2D eigenvalue weighted by Crippen LogP contribution is -2.35. The summed E-state index contributed by atoms with van der Waals surface area (Å²) >= 11 is 0. The molecule has 1 N–H and O–H groups in total. The molecule has 104 valence electrons. The van der Waals surface area contributed by atoms with E-state index in [9.17, 15) is 14.4 Å². The number of hydrogen-bond donors (Lipinski definition) is 1. The normalized spacial score (nSPS) is 26.6. The predicted molar refractivity (Wildman–Crippen MR) is 67.5 cm³/mol. The number of fused-ring (bicyclic) bond motifs is 1. The van der Waals surface area contributed by atoms with Gasteiger partial charge in [0.05, 0.1) is 18.4 Å². The Labute approximate surface area is 115 Å². The molecule has 6 heteroatoms. The molecule has 0 radical (unpaired) electrons. The molecule has 2 amide bonds. The highest BCUT2D eigenvalue weighted by Crippen LogP contribution is 2.63. The number of piperidine rings is 1. The number of carbonyl (C=O) groups excluding carboxylic acids is 2. The van der Waals surface area contributed by atoms with Crippen LogP contribution in [0, 0.1) is 17.3 Å². The van der Waals surface area contributed by atoms with Crippen molar-refractivity contribution in [3.8, 4) is 0 Å². The first-order chi connectivity index (χ1) is 9.34. The van der Waals surface area contributed by atoms with Crippen LogP contribution < -0.4 is 0 Å². The van der Waals surface area contributed by atoms with Gasteiger partial charge in [-0.3, -0.25) is 14.5 Å². The van der Waals surface area contributed by atoms with Crippen LogP contribution in [0.15, 0.2) is 18.3 Å². The van der Waals surface area contributed by atoms with Gasteiger partial charge in [0.2, 0.25) is 11.8 Å². The number of pyridine rings is 1. The Morgan fingerprint density at radius 1 is 1.30 bits per heavy atom. The van der Waals surface area contributed by atoms with Gasteiger partial charge in [-0.1, -0.05) is 19.9 Å². The molecule has 2 fully saturated rings. The van der Waals surface area contributed by atoms with E-state index in [-0.39, 0.29) is 41.3 Å². The molecule has 2 unspecified atom stereocenters. The fraction of sp³-hybridized carbons (Fsp3) is 0.429. The third kappa shape index (κ3) is 1.64. The van der Waals surface area contributed by atoms with E-state index in [0.29, 0.717) is 5.56 Å². The van der Waals surface area contributed by atoms with Gasteiger partial charge in [0, 0.05) is 6.20 Å². The highest BCUT2D eigenvalue weighted by Gasteiger charge is 2.72. The number of carboxylic acid groups (broad SMARTS) is 1. The van der Waals surface area contributed by atoms with Crippen LogP contribution in [-0.2, 0) is 16.1 Å². The number of likely N-dealkylation sites (tertiary alicyclic amines) is 1. The minimum Gasteiger partial charge on any atom is -0.477 e. The molecule has 1 saturated heterocycles. The standard InChI is InChI=1S/C14H14N2O4/c1-14(2)9-10(14)12(18)16(11(9)17)6-7-3-4-8(13(19)20)15-5-7/h3-5,9-10H,6H2,1-2H3,(H,19,20). The Kier molecular flexibility index (Phi) is 2.48. The van der Waals surface area contributed by atoms with Gasteiger partial charge in [0.15, 0.2) is 0 Å². The highest BCUT2D eigenvalue weighted by molar-refractivity contribution is 6.10. The topological polar surface area (TPSA) is 87.6 Å². The van der Waals surface area contributed by atoms with Crippen molar-refractivity contribution in [2.45, 2.75) is 20.4 Å². The van der Waals surface area contributed by atoms with Crippen molar-refractivity contribution in [1.29, 1.82) is 0 Å². The van der Waals surface area contributed by atoms with Crippen LogP contribution >= 0.6 is 0 Å². The van der Waals surface area contributed by atoms with Crippen molar-refractivity contribution in [3.05, 3.63) is 29.6 Å². The van der Waals surface area contributed by atoms with Crippen LogP contribution in [0.3, 0.4) is 0 Å². The third-order valence-electron chi connectivity index (χ3n) is 4.28. The van der Waals surface area contributed by atoms with E-state index in [4.69, 9.17) is 5.11 Å². The number of aromatic nitrogens is 1. The number of hydrogen-bond acceptors (Lipinski definition) is 4. The first-order valence-electron chi connectivity index (χ1n) is 6.37. The summed E-state index contributed by atoms with van der Waals surface area (Å²) in [4.78, 5) is 40.0. The summed E-state index contributed by atoms with van der Waals surface area (Å²) in [5.41, 5.74) is 0.378. The molecule has 0 spiro atoms. The fourth-order valence-corrected chi connectivity index (χ4v) is 2.99. The molecule has 2 heterocycles. The smallest absolute Gasteiger partial charge is 0.354 e. The fourth-order valence-electron chi connectivity index (χ4n) is 2.99. The van der Waals surface area contributed by atoms with Gasteiger partial charge in [0.25, 0.3) is 0 Å². The maximum absolute atomic E-state index is 12.1. The Morgan fingerprint density at radius 3 is 2.35 bits per heavy atom. The molecule has 2 atom stereocenters. The lowest BCUT2D eigenvalue weighted by Gasteiger charge is -2.20. The van der Waals surface area contributed by atoms with Crippen LogP contribution in [0.1, 0.15) is 29.9 Å². The van der Waals surface area contributed by atoms with Gasteiger partial charge in [-0.25, -0.2) is 9.78 Å². The van der Waals surface area contributed by atoms with Crippen molar-refractivity contribution in [3.63, 3.8) is 0 Å². The first-order valence-corrected chi connectivity index (χ1v) is 6.37. The summed E-state index contributed by atoms with van der Waals surface area (Å²) < 4.78 is 0. The number of aromatic carboxylic acids is 1. The number of carboxylic acids is 1. The number of amides is 2. The monoisotopic (exact) mass is 274 g/mol. The molecule has 3 rings (SSSR count). The van der Waals surface area contributed by atoms with Crippen molar-refractivity contribution in [2.24, 2.45) is 17.3 Å². The van der Waals surface area contributed by atoms with Gasteiger partial charge in [-0.2, -0.15) is 0 Å². The zero-order valence-electron chi connectivity index (χ0n) is 11.2. The zero-order chi connectivity index (χ0) is 14.7. The van der Waals surface area contributed by atoms with E-state index < -0.39 is 5.97 Å². The molecule has 6 nitrogen and oxygen atoms in total. The van der Waals surface area contributed by atoms with Crippen LogP contribution in [0.4, 0.5) is 0 Å². The second kappa shape index (κ2) is 3.88. The van der Waals surface area contributed by atoms with Crippen molar-refractivity contribution in [2.75, 3.05) is 0 Å². The second-order valence-corrected chi connectivity index (χ2v) is 5.90. The summed E-state index contributed by atoms with van der Waals surface area (Å²) in [6.07, 6.45) is 1.39. The van der Waals surface area contributed by atoms with E-state index in [1.54, 1.807) is 6.07 Å². The van der Waals surface area contributed by atoms with Gasteiger partial charge >= 0.3 is 5.97 Å². The quantitative estimate of drug-likeness (QED) is 0.828.